The van der Waals surface area contributed by atoms with Crippen LogP contribution in [0.1, 0.15) is 77.8 Å². The second kappa shape index (κ2) is 15.0. The molecule has 1 unspecified atom stereocenters. The summed E-state index contributed by atoms with van der Waals surface area (Å²) >= 11 is 0. The summed E-state index contributed by atoms with van der Waals surface area (Å²) in [5.74, 6) is -4.40. The number of aromatic amines is 1. The average Bonchev–Trinajstić information content (AvgIpc) is 3.65. The minimum absolute atomic E-state index is 0.130. The zero-order valence-corrected chi connectivity index (χ0v) is 28.2. The quantitative estimate of drug-likeness (QED) is 0.193. The van der Waals surface area contributed by atoms with Crippen molar-refractivity contribution in [3.8, 4) is 0 Å². The summed E-state index contributed by atoms with van der Waals surface area (Å²) < 4.78 is 5.02. The van der Waals surface area contributed by atoms with Crippen molar-refractivity contribution < 1.29 is 33.5 Å². The molecule has 0 spiro atoms. The third-order valence-corrected chi connectivity index (χ3v) is 9.41. The maximum Gasteiger partial charge on any atom is 0.328 e. The summed E-state index contributed by atoms with van der Waals surface area (Å²) in [4.78, 5) is 83.3. The minimum atomic E-state index is -1.10. The summed E-state index contributed by atoms with van der Waals surface area (Å²) in [6, 6.07) is 0.708. The van der Waals surface area contributed by atoms with E-state index in [2.05, 4.69) is 31.6 Å². The smallest absolute Gasteiger partial charge is 0.328 e. The lowest BCUT2D eigenvalue weighted by Gasteiger charge is -2.34. The lowest BCUT2D eigenvalue weighted by molar-refractivity contribution is -0.145. The van der Waals surface area contributed by atoms with Gasteiger partial charge in [-0.2, -0.15) is 0 Å². The fraction of sp³-hybridized carbons (Fsp3) is 0.588. The first-order chi connectivity index (χ1) is 22.2. The van der Waals surface area contributed by atoms with Crippen LogP contribution in [-0.4, -0.2) is 77.8 Å². The zero-order chi connectivity index (χ0) is 34.6. The Bertz CT molecular complexity index is 1520. The number of nitrogens with one attached hydrogen (secondary N) is 6. The molecule has 1 fully saturated rings. The lowest BCUT2D eigenvalue weighted by atomic mass is 9.81. The highest BCUT2D eigenvalue weighted by molar-refractivity contribution is 5.97. The van der Waals surface area contributed by atoms with E-state index >= 15 is 0 Å². The van der Waals surface area contributed by atoms with Gasteiger partial charge in [-0.1, -0.05) is 60.1 Å². The molecule has 3 aliphatic heterocycles. The van der Waals surface area contributed by atoms with Crippen molar-refractivity contribution >= 4 is 46.4 Å². The number of rotatable bonds is 7. The first-order valence-electron chi connectivity index (χ1n) is 16.4. The molecule has 0 saturated carbocycles. The molecule has 47 heavy (non-hydrogen) atoms. The van der Waals surface area contributed by atoms with Gasteiger partial charge in [-0.15, -0.1) is 0 Å². The van der Waals surface area contributed by atoms with Crippen LogP contribution in [0.25, 0.3) is 10.9 Å². The monoisotopic (exact) mass is 652 g/mol. The Labute approximate surface area is 275 Å². The van der Waals surface area contributed by atoms with Gasteiger partial charge < -0.3 is 36.3 Å². The molecule has 5 rings (SSSR count). The van der Waals surface area contributed by atoms with E-state index < -0.39 is 65.7 Å². The van der Waals surface area contributed by atoms with Gasteiger partial charge in [0.25, 0.3) is 0 Å². The van der Waals surface area contributed by atoms with Crippen molar-refractivity contribution in [1.82, 2.24) is 31.6 Å². The standard InChI is InChI=1S/C34H48N6O7/c1-8-18(6)28-32(44)38-27(17(4)5)31(43)37-24(34(46)47-7)14-20-15-35-23-13-19(9-10-21(20)23)26(16(2)3)29(33(45)39-28)40-30(42)22-11-12-25(41)36-22/h9-10,13,15-18,22,24,26-29,35H,8,11-12,14H2,1-7H3,(H,36,41)(H,37,43)(H,38,44)(H,39,45)(H,40,42)/t18?,22-,24-,26+,27-,28-,29-/m0/s1. The molecule has 0 aliphatic carbocycles. The fourth-order valence-electron chi connectivity index (χ4n) is 6.47. The van der Waals surface area contributed by atoms with Gasteiger partial charge in [0, 0.05) is 35.9 Å². The number of benzene rings is 1. The van der Waals surface area contributed by atoms with Crippen LogP contribution in [0.5, 0.6) is 0 Å². The van der Waals surface area contributed by atoms with Crippen molar-refractivity contribution in [2.75, 3.05) is 7.11 Å². The Kier molecular flexibility index (Phi) is 11.3. The summed E-state index contributed by atoms with van der Waals surface area (Å²) in [6.07, 6.45) is 2.95. The van der Waals surface area contributed by atoms with Gasteiger partial charge in [-0.25, -0.2) is 4.79 Å². The number of amides is 5. The number of H-pyrrole nitrogens is 1. The first kappa shape index (κ1) is 35.4. The number of hydrogen-bond acceptors (Lipinski definition) is 7. The normalized spacial score (nSPS) is 26.5. The number of methoxy groups -OCH3 is 1. The molecule has 0 radical (unpaired) electrons. The molecular formula is C34H48N6O7. The topological polar surface area (TPSA) is 188 Å². The second-order valence-electron chi connectivity index (χ2n) is 13.4. The molecule has 6 N–H and O–H groups in total. The molecule has 7 atom stereocenters. The van der Waals surface area contributed by atoms with E-state index in [1.807, 2.05) is 45.9 Å². The van der Waals surface area contributed by atoms with E-state index in [0.717, 1.165) is 22.0 Å². The maximum atomic E-state index is 14.3. The van der Waals surface area contributed by atoms with E-state index in [4.69, 9.17) is 4.74 Å². The Morgan fingerprint density at radius 1 is 0.894 bits per heavy atom. The SMILES string of the molecule is CCC(C)[C@@H]1NC(=O)[C@@H](NC(=O)[C@@H]2CCC(=O)N2)[C@H](C(C)C)c2ccc3c(c[nH]c3c2)C[C@@H](C(=O)OC)NC(=O)[C@H](C(C)C)NC1=O. The number of esters is 1. The van der Waals surface area contributed by atoms with Crippen molar-refractivity contribution in [3.05, 3.63) is 35.5 Å². The molecule has 1 aromatic carbocycles. The number of hydrogen-bond donors (Lipinski definition) is 6. The van der Waals surface area contributed by atoms with Crippen LogP contribution < -0.4 is 26.6 Å². The molecular weight excluding hydrogens is 604 g/mol. The molecule has 1 aromatic heterocycles. The molecule has 5 amide bonds. The van der Waals surface area contributed by atoms with Gasteiger partial charge in [0.15, 0.2) is 0 Å². The number of ether oxygens (including phenoxy) is 1. The highest BCUT2D eigenvalue weighted by Crippen LogP contribution is 2.32. The van der Waals surface area contributed by atoms with Gasteiger partial charge >= 0.3 is 5.97 Å². The van der Waals surface area contributed by atoms with E-state index in [0.29, 0.717) is 12.8 Å². The molecule has 13 heteroatoms. The molecule has 256 valence electrons. The van der Waals surface area contributed by atoms with Crippen LogP contribution >= 0.6 is 0 Å². The lowest BCUT2D eigenvalue weighted by Crippen LogP contribution is -2.61. The van der Waals surface area contributed by atoms with Gasteiger partial charge in [0.05, 0.1) is 7.11 Å². The van der Waals surface area contributed by atoms with Crippen molar-refractivity contribution in [3.63, 3.8) is 0 Å². The molecule has 2 aromatic rings. The predicted octanol–water partition coefficient (Wildman–Crippen LogP) is 1.56. The summed E-state index contributed by atoms with van der Waals surface area (Å²) in [6.45, 7) is 11.2. The van der Waals surface area contributed by atoms with E-state index in [1.165, 1.54) is 7.11 Å². The fourth-order valence-corrected chi connectivity index (χ4v) is 6.47. The van der Waals surface area contributed by atoms with Crippen LogP contribution in [0.15, 0.2) is 24.4 Å². The average molecular weight is 653 g/mol. The van der Waals surface area contributed by atoms with Gasteiger partial charge in [-0.3, -0.25) is 24.0 Å². The van der Waals surface area contributed by atoms with Gasteiger partial charge in [0.1, 0.15) is 30.2 Å². The third-order valence-electron chi connectivity index (χ3n) is 9.41. The summed E-state index contributed by atoms with van der Waals surface area (Å²) in [5.41, 5.74) is 2.27. The molecule has 1 saturated heterocycles. The highest BCUT2D eigenvalue weighted by Gasteiger charge is 2.40. The minimum Gasteiger partial charge on any atom is -0.467 e. The Balaban J connectivity index is 1.86. The molecule has 4 bridgehead atoms. The highest BCUT2D eigenvalue weighted by atomic mass is 16.5. The summed E-state index contributed by atoms with van der Waals surface area (Å²) in [7, 11) is 1.25. The zero-order valence-electron chi connectivity index (χ0n) is 28.2. The summed E-state index contributed by atoms with van der Waals surface area (Å²) in [5, 5.41) is 14.9. The van der Waals surface area contributed by atoms with Crippen molar-refractivity contribution in [2.24, 2.45) is 17.8 Å². The van der Waals surface area contributed by atoms with E-state index in [-0.39, 0.29) is 36.5 Å². The van der Waals surface area contributed by atoms with Gasteiger partial charge in [-0.05, 0) is 41.4 Å². The Hall–Kier alpha value is -4.42. The molecule has 3 aliphatic rings. The largest absolute Gasteiger partial charge is 0.467 e. The van der Waals surface area contributed by atoms with Crippen LogP contribution in [0, 0.1) is 17.8 Å². The molecule has 13 nitrogen and oxygen atoms in total. The number of carbonyl (C=O) groups is 6. The van der Waals surface area contributed by atoms with Crippen LogP contribution in [0.2, 0.25) is 0 Å². The Morgan fingerprint density at radius 3 is 2.17 bits per heavy atom. The van der Waals surface area contributed by atoms with Crippen LogP contribution in [-0.2, 0) is 39.9 Å². The third kappa shape index (κ3) is 7.94. The predicted molar refractivity (Wildman–Crippen MR) is 175 cm³/mol. The molecule has 4 heterocycles. The van der Waals surface area contributed by atoms with E-state index in [1.54, 1.807) is 20.0 Å². The van der Waals surface area contributed by atoms with Gasteiger partial charge in [0.2, 0.25) is 29.5 Å². The maximum absolute atomic E-state index is 14.3. The Morgan fingerprint density at radius 2 is 1.57 bits per heavy atom. The second-order valence-corrected chi connectivity index (χ2v) is 13.4. The van der Waals surface area contributed by atoms with Crippen molar-refractivity contribution in [1.29, 1.82) is 0 Å². The van der Waals surface area contributed by atoms with Crippen molar-refractivity contribution in [2.45, 2.75) is 103 Å². The number of aromatic nitrogens is 1. The van der Waals surface area contributed by atoms with Crippen LogP contribution in [0.4, 0.5) is 0 Å². The van der Waals surface area contributed by atoms with E-state index in [9.17, 15) is 28.8 Å². The van der Waals surface area contributed by atoms with Crippen LogP contribution in [0.3, 0.4) is 0 Å². The number of carbonyl (C=O) groups excluding carboxylic acids is 6. The first-order valence-corrected chi connectivity index (χ1v) is 16.4. The number of fused-ring (bicyclic) bond motifs is 12.